The lowest BCUT2D eigenvalue weighted by atomic mass is 10.0. The number of carbonyl (C=O) groups excluding carboxylic acids is 1. The molecule has 0 saturated heterocycles. The first-order chi connectivity index (χ1) is 17.4. The number of fused-ring (bicyclic) bond motifs is 1. The van der Waals surface area contributed by atoms with Crippen LogP contribution in [0.15, 0.2) is 45.3 Å². The van der Waals surface area contributed by atoms with Gasteiger partial charge in [0.05, 0.1) is 35.8 Å². The molecule has 0 atom stereocenters. The number of aryl methyl sites for hydroxylation is 2. The summed E-state index contributed by atoms with van der Waals surface area (Å²) in [5.41, 5.74) is 2.39. The van der Waals surface area contributed by atoms with E-state index in [2.05, 4.69) is 10.5 Å². The lowest BCUT2D eigenvalue weighted by Crippen LogP contribution is -2.30. The molecule has 0 spiro atoms. The van der Waals surface area contributed by atoms with Crippen LogP contribution in [0.5, 0.6) is 5.75 Å². The monoisotopic (exact) mass is 529 g/mol. The minimum absolute atomic E-state index is 0.0478. The van der Waals surface area contributed by atoms with Gasteiger partial charge in [0.2, 0.25) is 10.0 Å². The number of rotatable bonds is 8. The van der Waals surface area contributed by atoms with E-state index in [0.717, 1.165) is 6.26 Å². The van der Waals surface area contributed by atoms with E-state index in [-0.39, 0.29) is 41.0 Å². The summed E-state index contributed by atoms with van der Waals surface area (Å²) in [5, 5.41) is 6.96. The van der Waals surface area contributed by atoms with Gasteiger partial charge in [-0.2, -0.15) is 0 Å². The fourth-order valence-electron chi connectivity index (χ4n) is 4.06. The zero-order chi connectivity index (χ0) is 27.1. The number of hydrogen-bond acceptors (Lipinski definition) is 7. The van der Waals surface area contributed by atoms with Crippen LogP contribution in [0, 0.1) is 19.7 Å². The Morgan fingerprint density at radius 1 is 1.19 bits per heavy atom. The van der Waals surface area contributed by atoms with Gasteiger partial charge in [-0.15, -0.1) is 0 Å². The molecule has 1 amide bonds. The quantitative estimate of drug-likeness (QED) is 0.343. The number of furan rings is 1. The molecule has 9 nitrogen and oxygen atoms in total. The highest BCUT2D eigenvalue weighted by Crippen LogP contribution is 2.42. The third-order valence-electron chi connectivity index (χ3n) is 5.84. The summed E-state index contributed by atoms with van der Waals surface area (Å²) in [6.45, 7) is 7.02. The van der Waals surface area contributed by atoms with Gasteiger partial charge in [-0.25, -0.2) is 12.8 Å². The predicted molar refractivity (Wildman–Crippen MR) is 138 cm³/mol. The zero-order valence-electron chi connectivity index (χ0n) is 21.4. The van der Waals surface area contributed by atoms with Crippen LogP contribution in [0.2, 0.25) is 0 Å². The topological polar surface area (TPSA) is 115 Å². The molecule has 0 radical (unpaired) electrons. The van der Waals surface area contributed by atoms with Gasteiger partial charge in [-0.05, 0) is 58.0 Å². The van der Waals surface area contributed by atoms with Gasteiger partial charge < -0.3 is 19.0 Å². The fraction of sp³-hybridized carbons (Fsp3) is 0.308. The summed E-state index contributed by atoms with van der Waals surface area (Å²) in [4.78, 5) is 12.9. The molecule has 0 fully saturated rings. The van der Waals surface area contributed by atoms with Crippen molar-refractivity contribution in [2.75, 3.05) is 17.6 Å². The second kappa shape index (κ2) is 9.89. The molecule has 0 aliphatic heterocycles. The van der Waals surface area contributed by atoms with Gasteiger partial charge in [0.1, 0.15) is 28.7 Å². The molecule has 0 unspecified atom stereocenters. The van der Waals surface area contributed by atoms with Crippen LogP contribution in [0.1, 0.15) is 41.2 Å². The van der Waals surface area contributed by atoms with E-state index in [4.69, 9.17) is 13.7 Å². The van der Waals surface area contributed by atoms with Gasteiger partial charge in [0, 0.05) is 29.6 Å². The molecule has 4 aromatic rings. The van der Waals surface area contributed by atoms with Crippen LogP contribution in [-0.4, -0.2) is 38.9 Å². The number of sulfonamides is 1. The van der Waals surface area contributed by atoms with Crippen molar-refractivity contribution in [3.63, 3.8) is 0 Å². The number of nitrogens with one attached hydrogen (secondary N) is 1. The molecule has 2 heterocycles. The third kappa shape index (κ3) is 5.17. The van der Waals surface area contributed by atoms with Crippen molar-refractivity contribution in [1.29, 1.82) is 0 Å². The third-order valence-corrected chi connectivity index (χ3v) is 6.97. The normalized spacial score (nSPS) is 11.8. The lowest BCUT2D eigenvalue weighted by molar-refractivity contribution is 0.0964. The average Bonchev–Trinajstić information content (AvgIpc) is 3.35. The molecule has 0 aliphatic carbocycles. The number of anilines is 1. The Labute approximate surface area is 214 Å². The Kier molecular flexibility index (Phi) is 7.00. The van der Waals surface area contributed by atoms with E-state index in [9.17, 15) is 17.6 Å². The first kappa shape index (κ1) is 26.2. The highest BCUT2D eigenvalue weighted by molar-refractivity contribution is 7.92. The predicted octanol–water partition coefficient (Wildman–Crippen LogP) is 4.96. The van der Waals surface area contributed by atoms with Crippen molar-refractivity contribution in [2.24, 2.45) is 0 Å². The smallest absolute Gasteiger partial charge is 0.255 e. The van der Waals surface area contributed by atoms with E-state index in [1.165, 1.54) is 41.7 Å². The van der Waals surface area contributed by atoms with Crippen molar-refractivity contribution in [1.82, 2.24) is 10.5 Å². The van der Waals surface area contributed by atoms with Gasteiger partial charge in [-0.1, -0.05) is 5.16 Å². The summed E-state index contributed by atoms with van der Waals surface area (Å²) in [7, 11) is -2.32. The van der Waals surface area contributed by atoms with Gasteiger partial charge >= 0.3 is 0 Å². The van der Waals surface area contributed by atoms with Gasteiger partial charge in [0.25, 0.3) is 5.91 Å². The first-order valence-corrected chi connectivity index (χ1v) is 13.4. The number of carbonyl (C=O) groups is 1. The number of benzene rings is 2. The molecule has 0 aliphatic rings. The summed E-state index contributed by atoms with van der Waals surface area (Å²) < 4.78 is 58.2. The second-order valence-corrected chi connectivity index (χ2v) is 10.9. The SMILES string of the molecule is CNC(=O)c1c(-c2ccc(F)cc2)oc2cc(N(Cc3c(C)noc3C)S(C)(=O)=O)c(OC(C)C)cc12. The Morgan fingerprint density at radius 3 is 2.41 bits per heavy atom. The van der Waals surface area contributed by atoms with Crippen LogP contribution in [-0.2, 0) is 16.6 Å². The molecule has 196 valence electrons. The molecule has 11 heteroatoms. The molecule has 1 N–H and O–H groups in total. The molecule has 37 heavy (non-hydrogen) atoms. The zero-order valence-corrected chi connectivity index (χ0v) is 22.2. The summed E-state index contributed by atoms with van der Waals surface area (Å²) >= 11 is 0. The van der Waals surface area contributed by atoms with Crippen LogP contribution in [0.25, 0.3) is 22.3 Å². The Bertz CT molecular complexity index is 1550. The number of aromatic nitrogens is 1. The summed E-state index contributed by atoms with van der Waals surface area (Å²) in [6.07, 6.45) is 0.792. The first-order valence-electron chi connectivity index (χ1n) is 11.5. The van der Waals surface area contributed by atoms with E-state index in [1.54, 1.807) is 19.9 Å². The molecular weight excluding hydrogens is 501 g/mol. The molecule has 0 bridgehead atoms. The van der Waals surface area contributed by atoms with Gasteiger partial charge in [0.15, 0.2) is 0 Å². The van der Waals surface area contributed by atoms with Crippen molar-refractivity contribution in [3.8, 4) is 17.1 Å². The summed E-state index contributed by atoms with van der Waals surface area (Å²) in [5.74, 6) is 0.114. The van der Waals surface area contributed by atoms with Crippen molar-refractivity contribution >= 4 is 32.6 Å². The Balaban J connectivity index is 2.00. The van der Waals surface area contributed by atoms with E-state index in [1.807, 2.05) is 13.8 Å². The minimum atomic E-state index is -3.81. The number of halogens is 1. The Hall–Kier alpha value is -3.86. The average molecular weight is 530 g/mol. The lowest BCUT2D eigenvalue weighted by Gasteiger charge is -2.25. The number of amides is 1. The van der Waals surface area contributed by atoms with Gasteiger partial charge in [-0.3, -0.25) is 9.10 Å². The molecular formula is C26H28FN3O6S. The standard InChI is InChI=1S/C26H28FN3O6S/c1-14(2)34-23-11-19-22(35-25(24(19)26(31)28-5)17-7-9-18(27)10-8-17)12-21(23)30(37(6,32)33)13-20-15(3)29-36-16(20)4/h7-12,14H,13H2,1-6H3,(H,28,31). The van der Waals surface area contributed by atoms with E-state index >= 15 is 0 Å². The highest BCUT2D eigenvalue weighted by Gasteiger charge is 2.29. The number of nitrogens with zero attached hydrogens (tertiary/aromatic N) is 2. The van der Waals surface area contributed by atoms with E-state index in [0.29, 0.717) is 28.0 Å². The van der Waals surface area contributed by atoms with Crippen LogP contribution >= 0.6 is 0 Å². The maximum absolute atomic E-state index is 13.6. The molecule has 0 saturated carbocycles. The second-order valence-electron chi connectivity index (χ2n) is 8.95. The summed E-state index contributed by atoms with van der Waals surface area (Å²) in [6, 6.07) is 8.68. The fourth-order valence-corrected chi connectivity index (χ4v) is 4.93. The maximum atomic E-state index is 13.6. The maximum Gasteiger partial charge on any atom is 0.255 e. The van der Waals surface area contributed by atoms with E-state index < -0.39 is 21.7 Å². The highest BCUT2D eigenvalue weighted by atomic mass is 32.2. The molecule has 4 rings (SSSR count). The number of hydrogen-bond donors (Lipinski definition) is 1. The minimum Gasteiger partial charge on any atom is -0.489 e. The van der Waals surface area contributed by atoms with Crippen LogP contribution in [0.4, 0.5) is 10.1 Å². The number of ether oxygens (including phenoxy) is 1. The van der Waals surface area contributed by atoms with Crippen molar-refractivity contribution in [2.45, 2.75) is 40.3 Å². The van der Waals surface area contributed by atoms with Crippen LogP contribution < -0.4 is 14.4 Å². The Morgan fingerprint density at radius 2 is 1.86 bits per heavy atom. The largest absolute Gasteiger partial charge is 0.489 e. The molecule has 2 aromatic carbocycles. The molecule has 2 aromatic heterocycles. The van der Waals surface area contributed by atoms with Crippen molar-refractivity contribution < 1.29 is 31.3 Å². The van der Waals surface area contributed by atoms with Crippen LogP contribution in [0.3, 0.4) is 0 Å². The van der Waals surface area contributed by atoms with Crippen molar-refractivity contribution in [3.05, 3.63) is 64.8 Å².